The van der Waals surface area contributed by atoms with Crippen LogP contribution in [-0.4, -0.2) is 16.2 Å². The van der Waals surface area contributed by atoms with E-state index in [0.29, 0.717) is 6.54 Å². The Kier molecular flexibility index (Phi) is 3.18. The fraction of sp³-hybridized carbons (Fsp3) is 0.0833. The smallest absolute Gasteiger partial charge is 0.0655 e. The molecule has 2 rings (SSSR count). The molecule has 15 heavy (non-hydrogen) atoms. The van der Waals surface area contributed by atoms with E-state index in [1.165, 1.54) is 0 Å². The number of nitrogens with zero attached hydrogens (tertiary/aromatic N) is 3. The Balaban J connectivity index is 1.97. The first kappa shape index (κ1) is 9.52. The zero-order chi connectivity index (χ0) is 10.3. The van der Waals surface area contributed by atoms with Crippen molar-refractivity contribution in [1.29, 1.82) is 0 Å². The van der Waals surface area contributed by atoms with Crippen LogP contribution in [0.15, 0.2) is 54.0 Å². The second kappa shape index (κ2) is 5.00. The normalized spacial score (nSPS) is 10.7. The molecule has 0 aliphatic carbocycles. The van der Waals surface area contributed by atoms with Crippen molar-refractivity contribution in [2.75, 3.05) is 0 Å². The Labute approximate surface area is 88.6 Å². The number of aromatic nitrogens is 2. The second-order valence-electron chi connectivity index (χ2n) is 3.12. The summed E-state index contributed by atoms with van der Waals surface area (Å²) in [6.45, 7) is 0.655. The summed E-state index contributed by atoms with van der Waals surface area (Å²) >= 11 is 0. The molecule has 3 heteroatoms. The van der Waals surface area contributed by atoms with Crippen molar-refractivity contribution in [2.45, 2.75) is 6.54 Å². The predicted octanol–water partition coefficient (Wildman–Crippen LogP) is 2.10. The van der Waals surface area contributed by atoms with Gasteiger partial charge in [-0.05, 0) is 17.7 Å². The van der Waals surface area contributed by atoms with Crippen LogP contribution in [0.25, 0.3) is 0 Å². The first-order valence-electron chi connectivity index (χ1n) is 4.74. The standard InChI is InChI=1S/C12H11N3/c1-3-11(7-13-5-1)9-15-10-12-4-2-6-14-8-12/h1-9H,10H2/b15-9-. The topological polar surface area (TPSA) is 38.1 Å². The lowest BCUT2D eigenvalue weighted by Crippen LogP contribution is -1.85. The molecule has 0 aliphatic rings. The minimum Gasteiger partial charge on any atom is -0.288 e. The Bertz CT molecular complexity index is 423. The quantitative estimate of drug-likeness (QED) is 0.707. The van der Waals surface area contributed by atoms with Gasteiger partial charge >= 0.3 is 0 Å². The van der Waals surface area contributed by atoms with Crippen LogP contribution in [-0.2, 0) is 6.54 Å². The van der Waals surface area contributed by atoms with Crippen LogP contribution in [0.3, 0.4) is 0 Å². The summed E-state index contributed by atoms with van der Waals surface area (Å²) in [6.07, 6.45) is 8.93. The fourth-order valence-electron chi connectivity index (χ4n) is 1.20. The molecule has 0 saturated carbocycles. The van der Waals surface area contributed by atoms with Gasteiger partial charge in [-0.3, -0.25) is 15.0 Å². The largest absolute Gasteiger partial charge is 0.288 e. The average molecular weight is 197 g/mol. The SMILES string of the molecule is C(=N/Cc1cccnc1)/c1cccnc1. The molecule has 0 aliphatic heterocycles. The number of rotatable bonds is 3. The van der Waals surface area contributed by atoms with Gasteiger partial charge in [0.25, 0.3) is 0 Å². The molecule has 0 aromatic carbocycles. The molecule has 2 aromatic heterocycles. The Morgan fingerprint density at radius 3 is 2.53 bits per heavy atom. The second-order valence-corrected chi connectivity index (χ2v) is 3.12. The van der Waals surface area contributed by atoms with Crippen molar-refractivity contribution in [1.82, 2.24) is 9.97 Å². The molecule has 3 nitrogen and oxygen atoms in total. The monoisotopic (exact) mass is 197 g/mol. The number of aliphatic imine (C=N–C) groups is 1. The summed E-state index contributed by atoms with van der Waals surface area (Å²) in [5.41, 5.74) is 2.12. The molecule has 74 valence electrons. The lowest BCUT2D eigenvalue weighted by atomic mass is 10.3. The highest BCUT2D eigenvalue weighted by Crippen LogP contribution is 1.98. The third-order valence-corrected chi connectivity index (χ3v) is 1.92. The van der Waals surface area contributed by atoms with Crippen molar-refractivity contribution >= 4 is 6.21 Å². The maximum absolute atomic E-state index is 4.31. The van der Waals surface area contributed by atoms with Crippen LogP contribution in [0.1, 0.15) is 11.1 Å². The molecular formula is C12H11N3. The van der Waals surface area contributed by atoms with E-state index in [-0.39, 0.29) is 0 Å². The highest BCUT2D eigenvalue weighted by atomic mass is 14.7. The van der Waals surface area contributed by atoms with Crippen molar-refractivity contribution < 1.29 is 0 Å². The van der Waals surface area contributed by atoms with E-state index in [4.69, 9.17) is 0 Å². The maximum atomic E-state index is 4.31. The Morgan fingerprint density at radius 2 is 1.87 bits per heavy atom. The van der Waals surface area contributed by atoms with Gasteiger partial charge < -0.3 is 0 Å². The van der Waals surface area contributed by atoms with E-state index in [1.807, 2.05) is 36.7 Å². The molecule has 0 atom stereocenters. The molecular weight excluding hydrogens is 186 g/mol. The van der Waals surface area contributed by atoms with E-state index in [1.54, 1.807) is 18.6 Å². The van der Waals surface area contributed by atoms with Gasteiger partial charge in [0.15, 0.2) is 0 Å². The molecule has 2 heterocycles. The average Bonchev–Trinajstić information content (AvgIpc) is 2.32. The van der Waals surface area contributed by atoms with E-state index in [9.17, 15) is 0 Å². The van der Waals surface area contributed by atoms with Gasteiger partial charge in [0.2, 0.25) is 0 Å². The van der Waals surface area contributed by atoms with Crippen LogP contribution < -0.4 is 0 Å². The first-order valence-corrected chi connectivity index (χ1v) is 4.74. The molecule has 0 N–H and O–H groups in total. The summed E-state index contributed by atoms with van der Waals surface area (Å²) in [4.78, 5) is 12.3. The molecule has 0 amide bonds. The molecule has 0 unspecified atom stereocenters. The number of hydrogen-bond acceptors (Lipinski definition) is 3. The Hall–Kier alpha value is -2.03. The predicted molar refractivity (Wildman–Crippen MR) is 59.8 cm³/mol. The third kappa shape index (κ3) is 2.98. The van der Waals surface area contributed by atoms with Gasteiger partial charge in [0.05, 0.1) is 6.54 Å². The molecule has 0 spiro atoms. The van der Waals surface area contributed by atoms with Gasteiger partial charge in [0, 0.05) is 36.6 Å². The van der Waals surface area contributed by atoms with Gasteiger partial charge in [-0.2, -0.15) is 0 Å². The molecule has 0 bridgehead atoms. The highest BCUT2D eigenvalue weighted by Gasteiger charge is 1.88. The van der Waals surface area contributed by atoms with Crippen LogP contribution in [0.2, 0.25) is 0 Å². The Morgan fingerprint density at radius 1 is 1.07 bits per heavy atom. The van der Waals surface area contributed by atoms with Gasteiger partial charge in [-0.1, -0.05) is 12.1 Å². The summed E-state index contributed by atoms with van der Waals surface area (Å²) in [5.74, 6) is 0. The maximum Gasteiger partial charge on any atom is 0.0655 e. The summed E-state index contributed by atoms with van der Waals surface area (Å²) in [5, 5.41) is 0. The van der Waals surface area contributed by atoms with Crippen molar-refractivity contribution in [3.63, 3.8) is 0 Å². The van der Waals surface area contributed by atoms with Crippen LogP contribution >= 0.6 is 0 Å². The minimum atomic E-state index is 0.655. The van der Waals surface area contributed by atoms with Crippen molar-refractivity contribution in [3.8, 4) is 0 Å². The zero-order valence-corrected chi connectivity index (χ0v) is 8.24. The molecule has 2 aromatic rings. The van der Waals surface area contributed by atoms with Gasteiger partial charge in [-0.15, -0.1) is 0 Å². The molecule has 0 saturated heterocycles. The molecule has 0 fully saturated rings. The lowest BCUT2D eigenvalue weighted by Gasteiger charge is -1.94. The zero-order valence-electron chi connectivity index (χ0n) is 8.24. The van der Waals surface area contributed by atoms with Crippen molar-refractivity contribution in [2.24, 2.45) is 4.99 Å². The van der Waals surface area contributed by atoms with E-state index in [2.05, 4.69) is 15.0 Å². The number of hydrogen-bond donors (Lipinski definition) is 0. The van der Waals surface area contributed by atoms with E-state index >= 15 is 0 Å². The fourth-order valence-corrected chi connectivity index (χ4v) is 1.20. The molecule has 0 radical (unpaired) electrons. The summed E-state index contributed by atoms with van der Waals surface area (Å²) in [7, 11) is 0. The minimum absolute atomic E-state index is 0.655. The summed E-state index contributed by atoms with van der Waals surface area (Å²) < 4.78 is 0. The van der Waals surface area contributed by atoms with Crippen LogP contribution in [0.4, 0.5) is 0 Å². The first-order chi connectivity index (χ1) is 7.45. The van der Waals surface area contributed by atoms with Crippen LogP contribution in [0.5, 0.6) is 0 Å². The van der Waals surface area contributed by atoms with Crippen LogP contribution in [0, 0.1) is 0 Å². The highest BCUT2D eigenvalue weighted by molar-refractivity contribution is 5.78. The van der Waals surface area contributed by atoms with E-state index < -0.39 is 0 Å². The number of pyridine rings is 2. The third-order valence-electron chi connectivity index (χ3n) is 1.92. The van der Waals surface area contributed by atoms with Crippen molar-refractivity contribution in [3.05, 3.63) is 60.2 Å². The summed E-state index contributed by atoms with van der Waals surface area (Å²) in [6, 6.07) is 7.79. The van der Waals surface area contributed by atoms with Gasteiger partial charge in [-0.25, -0.2) is 0 Å². The van der Waals surface area contributed by atoms with E-state index in [0.717, 1.165) is 11.1 Å². The lowest BCUT2D eigenvalue weighted by molar-refractivity contribution is 1.05. The van der Waals surface area contributed by atoms with Gasteiger partial charge in [0.1, 0.15) is 0 Å².